The molecule has 6 heteroatoms. The average Bonchev–Trinajstić information content (AvgIpc) is 3.01. The van der Waals surface area contributed by atoms with Gasteiger partial charge in [0.1, 0.15) is 5.82 Å². The van der Waals surface area contributed by atoms with Crippen LogP contribution in [0.2, 0.25) is 0 Å². The van der Waals surface area contributed by atoms with Crippen molar-refractivity contribution in [3.63, 3.8) is 0 Å². The lowest BCUT2D eigenvalue weighted by atomic mass is 10.3. The Morgan fingerprint density at radius 3 is 2.87 bits per heavy atom. The SMILES string of the molecule is Cn1c(CN)nnc1SCC(O)C1CC1. The number of rotatable bonds is 5. The van der Waals surface area contributed by atoms with Crippen LogP contribution in [0.4, 0.5) is 0 Å². The molecule has 84 valence electrons. The second kappa shape index (κ2) is 4.51. The molecule has 1 aliphatic carbocycles. The lowest BCUT2D eigenvalue weighted by Crippen LogP contribution is -2.13. The molecule has 5 nitrogen and oxygen atoms in total. The second-order valence-corrected chi connectivity index (χ2v) is 4.86. The number of aliphatic hydroxyl groups excluding tert-OH is 1. The van der Waals surface area contributed by atoms with E-state index < -0.39 is 0 Å². The van der Waals surface area contributed by atoms with Gasteiger partial charge in [0.2, 0.25) is 0 Å². The third kappa shape index (κ3) is 2.50. The molecule has 1 aliphatic rings. The van der Waals surface area contributed by atoms with Crippen molar-refractivity contribution in [2.75, 3.05) is 5.75 Å². The van der Waals surface area contributed by atoms with Crippen LogP contribution in [0, 0.1) is 5.92 Å². The predicted molar refractivity (Wildman–Crippen MR) is 58.3 cm³/mol. The first kappa shape index (κ1) is 10.9. The molecule has 0 bridgehead atoms. The van der Waals surface area contributed by atoms with Gasteiger partial charge < -0.3 is 15.4 Å². The number of hydrogen-bond acceptors (Lipinski definition) is 5. The molecule has 1 aromatic heterocycles. The highest BCUT2D eigenvalue weighted by atomic mass is 32.2. The van der Waals surface area contributed by atoms with Gasteiger partial charge in [-0.2, -0.15) is 0 Å². The van der Waals surface area contributed by atoms with E-state index in [4.69, 9.17) is 5.73 Å². The zero-order valence-corrected chi connectivity index (χ0v) is 9.57. The summed E-state index contributed by atoms with van der Waals surface area (Å²) in [5, 5.41) is 18.5. The standard InChI is InChI=1S/C9H16N4OS/c1-13-8(4-10)11-12-9(13)15-5-7(14)6-2-3-6/h6-7,14H,2-5,10H2,1H3. The van der Waals surface area contributed by atoms with Crippen molar-refractivity contribution in [1.29, 1.82) is 0 Å². The molecule has 0 aliphatic heterocycles. The van der Waals surface area contributed by atoms with Gasteiger partial charge in [0, 0.05) is 12.8 Å². The van der Waals surface area contributed by atoms with Crippen LogP contribution in [0.25, 0.3) is 0 Å². The summed E-state index contributed by atoms with van der Waals surface area (Å²) in [5.74, 6) is 1.99. The summed E-state index contributed by atoms with van der Waals surface area (Å²) in [6.07, 6.45) is 2.12. The lowest BCUT2D eigenvalue weighted by molar-refractivity contribution is 0.176. The minimum Gasteiger partial charge on any atom is -0.392 e. The smallest absolute Gasteiger partial charge is 0.191 e. The number of thioether (sulfide) groups is 1. The Morgan fingerprint density at radius 2 is 2.33 bits per heavy atom. The maximum Gasteiger partial charge on any atom is 0.191 e. The Bertz CT molecular complexity index is 337. The summed E-state index contributed by atoms with van der Waals surface area (Å²) < 4.78 is 1.88. The first-order valence-electron chi connectivity index (χ1n) is 5.11. The van der Waals surface area contributed by atoms with Crippen LogP contribution in [0.1, 0.15) is 18.7 Å². The van der Waals surface area contributed by atoms with Crippen molar-refractivity contribution >= 4 is 11.8 Å². The molecule has 1 heterocycles. The van der Waals surface area contributed by atoms with E-state index in [1.165, 1.54) is 0 Å². The fraction of sp³-hybridized carbons (Fsp3) is 0.778. The van der Waals surface area contributed by atoms with Gasteiger partial charge in [-0.3, -0.25) is 0 Å². The summed E-state index contributed by atoms with van der Waals surface area (Å²) in [6, 6.07) is 0. The normalized spacial score (nSPS) is 18.1. The van der Waals surface area contributed by atoms with E-state index in [0.29, 0.717) is 18.2 Å². The minimum atomic E-state index is -0.201. The molecule has 1 aromatic rings. The first-order valence-corrected chi connectivity index (χ1v) is 6.10. The molecular weight excluding hydrogens is 212 g/mol. The largest absolute Gasteiger partial charge is 0.392 e. The fourth-order valence-electron chi connectivity index (χ4n) is 1.43. The number of hydrogen-bond donors (Lipinski definition) is 2. The Kier molecular flexibility index (Phi) is 3.28. The van der Waals surface area contributed by atoms with E-state index in [-0.39, 0.29) is 6.10 Å². The van der Waals surface area contributed by atoms with Crippen LogP contribution in [-0.2, 0) is 13.6 Å². The molecule has 0 radical (unpaired) electrons. The van der Waals surface area contributed by atoms with Gasteiger partial charge in [0.05, 0.1) is 12.6 Å². The zero-order valence-electron chi connectivity index (χ0n) is 8.76. The van der Waals surface area contributed by atoms with Crippen LogP contribution in [-0.4, -0.2) is 31.7 Å². The third-order valence-electron chi connectivity index (χ3n) is 2.66. The van der Waals surface area contributed by atoms with Crippen LogP contribution >= 0.6 is 11.8 Å². The third-order valence-corrected chi connectivity index (χ3v) is 3.78. The molecule has 0 aromatic carbocycles. The summed E-state index contributed by atoms with van der Waals surface area (Å²) in [7, 11) is 1.90. The maximum absolute atomic E-state index is 9.70. The topological polar surface area (TPSA) is 77.0 Å². The number of nitrogens with zero attached hydrogens (tertiary/aromatic N) is 3. The molecule has 2 rings (SSSR count). The highest BCUT2D eigenvalue weighted by Crippen LogP contribution is 2.34. The van der Waals surface area contributed by atoms with E-state index in [1.54, 1.807) is 11.8 Å². The number of nitrogens with two attached hydrogens (primary N) is 1. The van der Waals surface area contributed by atoms with Crippen LogP contribution in [0.5, 0.6) is 0 Å². The van der Waals surface area contributed by atoms with Crippen molar-refractivity contribution in [1.82, 2.24) is 14.8 Å². The Morgan fingerprint density at radius 1 is 1.60 bits per heavy atom. The van der Waals surface area contributed by atoms with Crippen molar-refractivity contribution in [2.45, 2.75) is 30.6 Å². The number of aromatic nitrogens is 3. The molecule has 0 saturated heterocycles. The summed E-state index contributed by atoms with van der Waals surface area (Å²) in [5.41, 5.74) is 5.50. The molecule has 3 N–H and O–H groups in total. The quantitative estimate of drug-likeness (QED) is 0.701. The van der Waals surface area contributed by atoms with E-state index in [2.05, 4.69) is 10.2 Å². The molecule has 1 unspecified atom stereocenters. The van der Waals surface area contributed by atoms with E-state index in [0.717, 1.165) is 23.8 Å². The van der Waals surface area contributed by atoms with Gasteiger partial charge in [0.25, 0.3) is 0 Å². The zero-order chi connectivity index (χ0) is 10.8. The fourth-order valence-corrected chi connectivity index (χ4v) is 2.42. The molecule has 1 fully saturated rings. The second-order valence-electron chi connectivity index (χ2n) is 3.88. The van der Waals surface area contributed by atoms with Gasteiger partial charge in [-0.1, -0.05) is 11.8 Å². The average molecular weight is 228 g/mol. The summed E-state index contributed by atoms with van der Waals surface area (Å²) in [4.78, 5) is 0. The van der Waals surface area contributed by atoms with Crippen LogP contribution in [0.15, 0.2) is 5.16 Å². The Hall–Kier alpha value is -0.590. The van der Waals surface area contributed by atoms with Crippen LogP contribution < -0.4 is 5.73 Å². The maximum atomic E-state index is 9.70. The minimum absolute atomic E-state index is 0.201. The predicted octanol–water partition coefficient (Wildman–Crippen LogP) is 0.137. The van der Waals surface area contributed by atoms with Gasteiger partial charge >= 0.3 is 0 Å². The van der Waals surface area contributed by atoms with Crippen molar-refractivity contribution < 1.29 is 5.11 Å². The monoisotopic (exact) mass is 228 g/mol. The van der Waals surface area contributed by atoms with Crippen molar-refractivity contribution in [3.8, 4) is 0 Å². The molecule has 1 saturated carbocycles. The number of aliphatic hydroxyl groups is 1. The van der Waals surface area contributed by atoms with E-state index >= 15 is 0 Å². The van der Waals surface area contributed by atoms with E-state index in [9.17, 15) is 5.11 Å². The molecular formula is C9H16N4OS. The van der Waals surface area contributed by atoms with Gasteiger partial charge in [-0.15, -0.1) is 10.2 Å². The van der Waals surface area contributed by atoms with Crippen molar-refractivity contribution in [3.05, 3.63) is 5.82 Å². The van der Waals surface area contributed by atoms with Gasteiger partial charge in [0.15, 0.2) is 5.16 Å². The molecule has 1 atom stereocenters. The van der Waals surface area contributed by atoms with Gasteiger partial charge in [-0.05, 0) is 18.8 Å². The summed E-state index contributed by atoms with van der Waals surface area (Å²) in [6.45, 7) is 0.398. The van der Waals surface area contributed by atoms with Crippen molar-refractivity contribution in [2.24, 2.45) is 18.7 Å². The Labute approximate surface area is 93.1 Å². The molecule has 0 amide bonds. The summed E-state index contributed by atoms with van der Waals surface area (Å²) >= 11 is 1.54. The molecule has 15 heavy (non-hydrogen) atoms. The van der Waals surface area contributed by atoms with Gasteiger partial charge in [-0.25, -0.2) is 0 Å². The Balaban J connectivity index is 1.89. The molecule has 0 spiro atoms. The lowest BCUT2D eigenvalue weighted by Gasteiger charge is -2.07. The highest BCUT2D eigenvalue weighted by Gasteiger charge is 2.29. The van der Waals surface area contributed by atoms with E-state index in [1.807, 2.05) is 11.6 Å². The van der Waals surface area contributed by atoms with Crippen LogP contribution in [0.3, 0.4) is 0 Å². The first-order chi connectivity index (χ1) is 7.22. The highest BCUT2D eigenvalue weighted by molar-refractivity contribution is 7.99.